The number of hydrogen-bond acceptors (Lipinski definition) is 5. The molecule has 0 aliphatic carbocycles. The van der Waals surface area contributed by atoms with Crippen LogP contribution in [-0.4, -0.2) is 56.0 Å². The quantitative estimate of drug-likeness (QED) is 0.646. The van der Waals surface area contributed by atoms with Crippen LogP contribution in [0.15, 0.2) is 0 Å². The Bertz CT molecular complexity index is 325. The fourth-order valence-electron chi connectivity index (χ4n) is 1.89. The van der Waals surface area contributed by atoms with Gasteiger partial charge < -0.3 is 10.0 Å². The Morgan fingerprint density at radius 1 is 1.50 bits per heavy atom. The van der Waals surface area contributed by atoms with Gasteiger partial charge in [0.05, 0.1) is 12.6 Å². The van der Waals surface area contributed by atoms with Crippen molar-refractivity contribution in [3.63, 3.8) is 0 Å². The highest BCUT2D eigenvalue weighted by atomic mass is 16.3. The molecule has 1 aliphatic rings. The van der Waals surface area contributed by atoms with Crippen molar-refractivity contribution >= 4 is 0 Å². The molecule has 1 aliphatic heterocycles. The number of rotatable bonds is 2. The topological polar surface area (TPSA) is 67.1 Å². The Hall–Kier alpha value is -1.01. The van der Waals surface area contributed by atoms with E-state index in [4.69, 9.17) is 0 Å². The van der Waals surface area contributed by atoms with Crippen LogP contribution in [0.1, 0.15) is 12.2 Å². The van der Waals surface area contributed by atoms with Crippen molar-refractivity contribution in [1.29, 1.82) is 0 Å². The number of aryl methyl sites for hydroxylation is 1. The van der Waals surface area contributed by atoms with Gasteiger partial charge in [-0.3, -0.25) is 0 Å². The molecule has 1 fully saturated rings. The molecule has 0 radical (unpaired) electrons. The zero-order valence-electron chi connectivity index (χ0n) is 8.51. The minimum atomic E-state index is -0.669. The largest absolute Gasteiger partial charge is 0.388 e. The van der Waals surface area contributed by atoms with Gasteiger partial charge in [-0.2, -0.15) is 4.80 Å². The van der Waals surface area contributed by atoms with E-state index in [1.165, 1.54) is 4.80 Å². The van der Waals surface area contributed by atoms with Crippen molar-refractivity contribution in [2.24, 2.45) is 7.05 Å². The number of β-amino-alcohol motifs (C(OH)–C–C–N with tert-alkyl or cyclic N) is 1. The molecule has 1 aromatic rings. The molecule has 1 aromatic heterocycles. The van der Waals surface area contributed by atoms with E-state index in [0.717, 1.165) is 13.0 Å². The summed E-state index contributed by atoms with van der Waals surface area (Å²) in [5.41, 5.74) is -0.669. The van der Waals surface area contributed by atoms with E-state index in [0.29, 0.717) is 18.8 Å². The zero-order chi connectivity index (χ0) is 10.2. The molecule has 2 heterocycles. The van der Waals surface area contributed by atoms with Crippen molar-refractivity contribution in [2.45, 2.75) is 18.4 Å². The van der Waals surface area contributed by atoms with Crippen molar-refractivity contribution in [3.8, 4) is 0 Å². The fourth-order valence-corrected chi connectivity index (χ4v) is 1.89. The summed E-state index contributed by atoms with van der Waals surface area (Å²) in [7, 11) is 3.73. The zero-order valence-corrected chi connectivity index (χ0v) is 8.51. The van der Waals surface area contributed by atoms with Crippen molar-refractivity contribution in [3.05, 3.63) is 5.82 Å². The lowest BCUT2D eigenvalue weighted by Crippen LogP contribution is -2.34. The van der Waals surface area contributed by atoms with Gasteiger partial charge in [0, 0.05) is 19.5 Å². The van der Waals surface area contributed by atoms with Gasteiger partial charge in [-0.1, -0.05) is 0 Å². The van der Waals surface area contributed by atoms with E-state index in [1.54, 1.807) is 7.05 Å². The normalized spacial score (nSPS) is 28.5. The highest BCUT2D eigenvalue weighted by Crippen LogP contribution is 2.22. The molecule has 1 saturated heterocycles. The van der Waals surface area contributed by atoms with E-state index in [2.05, 4.69) is 20.3 Å². The van der Waals surface area contributed by atoms with Gasteiger partial charge in [0.1, 0.15) is 0 Å². The lowest BCUT2D eigenvalue weighted by Gasteiger charge is -2.19. The van der Waals surface area contributed by atoms with Crippen LogP contribution in [0.25, 0.3) is 0 Å². The smallest absolute Gasteiger partial charge is 0.177 e. The van der Waals surface area contributed by atoms with Crippen LogP contribution in [0.2, 0.25) is 0 Å². The van der Waals surface area contributed by atoms with Gasteiger partial charge >= 0.3 is 0 Å². The maximum Gasteiger partial charge on any atom is 0.177 e. The van der Waals surface area contributed by atoms with Crippen LogP contribution in [-0.2, 0) is 13.5 Å². The number of nitrogens with zero attached hydrogens (tertiary/aromatic N) is 5. The minimum absolute atomic E-state index is 0.491. The molecular weight excluding hydrogens is 182 g/mol. The van der Waals surface area contributed by atoms with Gasteiger partial charge in [0.25, 0.3) is 0 Å². The summed E-state index contributed by atoms with van der Waals surface area (Å²) in [6.45, 7) is 1.61. The van der Waals surface area contributed by atoms with Crippen LogP contribution in [0.3, 0.4) is 0 Å². The molecule has 0 saturated carbocycles. The van der Waals surface area contributed by atoms with Gasteiger partial charge in [0.15, 0.2) is 5.82 Å². The third-order valence-electron chi connectivity index (χ3n) is 2.56. The van der Waals surface area contributed by atoms with E-state index in [-0.39, 0.29) is 0 Å². The summed E-state index contributed by atoms with van der Waals surface area (Å²) < 4.78 is 0. The first-order valence-corrected chi connectivity index (χ1v) is 4.71. The van der Waals surface area contributed by atoms with Crippen LogP contribution in [0, 0.1) is 0 Å². The second kappa shape index (κ2) is 3.29. The number of aliphatic hydroxyl groups is 1. The fraction of sp³-hybridized carbons (Fsp3) is 0.875. The molecular formula is C8H15N5O. The van der Waals surface area contributed by atoms with Gasteiger partial charge in [0.2, 0.25) is 0 Å². The molecule has 0 amide bonds. The van der Waals surface area contributed by atoms with E-state index in [9.17, 15) is 5.11 Å². The molecule has 0 bridgehead atoms. The van der Waals surface area contributed by atoms with E-state index >= 15 is 0 Å². The summed E-state index contributed by atoms with van der Waals surface area (Å²) >= 11 is 0. The monoisotopic (exact) mass is 197 g/mol. The maximum atomic E-state index is 10.2. The summed E-state index contributed by atoms with van der Waals surface area (Å²) in [4.78, 5) is 3.52. The molecule has 6 nitrogen and oxygen atoms in total. The minimum Gasteiger partial charge on any atom is -0.388 e. The summed E-state index contributed by atoms with van der Waals surface area (Å²) in [6, 6.07) is 0. The van der Waals surface area contributed by atoms with E-state index in [1.807, 2.05) is 7.05 Å². The summed E-state index contributed by atoms with van der Waals surface area (Å²) in [5.74, 6) is 0.616. The van der Waals surface area contributed by atoms with Crippen LogP contribution in [0.5, 0.6) is 0 Å². The Morgan fingerprint density at radius 2 is 2.29 bits per heavy atom. The molecule has 0 spiro atoms. The van der Waals surface area contributed by atoms with Crippen molar-refractivity contribution in [2.75, 3.05) is 20.1 Å². The third kappa shape index (κ3) is 1.91. The number of hydrogen-bond donors (Lipinski definition) is 1. The SMILES string of the molecule is CN1CCC(O)(Cc2nnn(C)n2)C1. The first-order chi connectivity index (χ1) is 6.57. The molecule has 78 valence electrons. The van der Waals surface area contributed by atoms with Crippen LogP contribution < -0.4 is 0 Å². The number of aromatic nitrogens is 4. The molecule has 2 rings (SSSR count). The lowest BCUT2D eigenvalue weighted by atomic mass is 9.99. The Kier molecular flexibility index (Phi) is 2.24. The second-order valence-electron chi connectivity index (χ2n) is 4.08. The number of likely N-dealkylation sites (N-methyl/N-ethyl adjacent to an activating group) is 1. The molecule has 6 heteroatoms. The average Bonchev–Trinajstić information content (AvgIpc) is 2.60. The first kappa shape index (κ1) is 9.54. The summed E-state index contributed by atoms with van der Waals surface area (Å²) in [5, 5.41) is 21.8. The average molecular weight is 197 g/mol. The summed E-state index contributed by atoms with van der Waals surface area (Å²) in [6.07, 6.45) is 1.27. The van der Waals surface area contributed by atoms with Gasteiger partial charge in [-0.25, -0.2) is 0 Å². The second-order valence-corrected chi connectivity index (χ2v) is 4.08. The Balaban J connectivity index is 2.03. The van der Waals surface area contributed by atoms with Crippen LogP contribution in [0.4, 0.5) is 0 Å². The first-order valence-electron chi connectivity index (χ1n) is 4.71. The molecule has 0 aromatic carbocycles. The molecule has 1 atom stereocenters. The Labute approximate surface area is 82.5 Å². The molecule has 14 heavy (non-hydrogen) atoms. The van der Waals surface area contributed by atoms with Crippen molar-refractivity contribution in [1.82, 2.24) is 25.1 Å². The van der Waals surface area contributed by atoms with Gasteiger partial charge in [-0.15, -0.1) is 10.2 Å². The maximum absolute atomic E-state index is 10.2. The highest BCUT2D eigenvalue weighted by molar-refractivity contribution is 4.96. The Morgan fingerprint density at radius 3 is 2.79 bits per heavy atom. The number of tetrazole rings is 1. The van der Waals surface area contributed by atoms with Gasteiger partial charge in [-0.05, 0) is 18.7 Å². The van der Waals surface area contributed by atoms with E-state index < -0.39 is 5.60 Å². The third-order valence-corrected chi connectivity index (χ3v) is 2.56. The number of likely N-dealkylation sites (tertiary alicyclic amines) is 1. The molecule has 1 unspecified atom stereocenters. The van der Waals surface area contributed by atoms with Crippen molar-refractivity contribution < 1.29 is 5.11 Å². The lowest BCUT2D eigenvalue weighted by molar-refractivity contribution is 0.0503. The highest BCUT2D eigenvalue weighted by Gasteiger charge is 2.35. The predicted octanol–water partition coefficient (Wildman–Crippen LogP) is -1.18. The molecule has 1 N–H and O–H groups in total. The predicted molar refractivity (Wildman–Crippen MR) is 49.6 cm³/mol. The standard InChI is InChI=1S/C8H15N5O/c1-12-4-3-8(14,6-12)5-7-9-11-13(2)10-7/h14H,3-6H2,1-2H3. The van der Waals surface area contributed by atoms with Crippen LogP contribution >= 0.6 is 0 Å².